The first-order valence-corrected chi connectivity index (χ1v) is 10.6. The summed E-state index contributed by atoms with van der Waals surface area (Å²) in [5.41, 5.74) is 4.03. The predicted molar refractivity (Wildman–Crippen MR) is 125 cm³/mol. The van der Waals surface area contributed by atoms with Crippen LogP contribution in [0.4, 0.5) is 0 Å². The average molecular weight is 509 g/mol. The number of aromatic nitrogens is 2. The van der Waals surface area contributed by atoms with Gasteiger partial charge in [-0.2, -0.15) is 4.40 Å². The van der Waals surface area contributed by atoms with Gasteiger partial charge in [0.15, 0.2) is 5.69 Å². The van der Waals surface area contributed by atoms with Crippen LogP contribution in [0.5, 0.6) is 5.75 Å². The van der Waals surface area contributed by atoms with E-state index in [0.29, 0.717) is 11.4 Å². The molecule has 0 saturated heterocycles. The van der Waals surface area contributed by atoms with E-state index in [2.05, 4.69) is 36.8 Å². The Morgan fingerprint density at radius 1 is 0.724 bits per heavy atom. The van der Waals surface area contributed by atoms with Crippen molar-refractivity contribution in [3.63, 3.8) is 0 Å². The van der Waals surface area contributed by atoms with Gasteiger partial charge in [-0.05, 0) is 58.6 Å². The SMILES string of the molecule is Oc1c(/C=C/c2ccc(Br)cc2)nc2cccc[n+]2c1/C=C/c1ccc(Br)cc1. The zero-order valence-electron chi connectivity index (χ0n) is 15.3. The molecule has 0 atom stereocenters. The maximum Gasteiger partial charge on any atom is 0.329 e. The molecule has 2 aromatic heterocycles. The Hall–Kier alpha value is -2.76. The van der Waals surface area contributed by atoms with Gasteiger partial charge < -0.3 is 5.11 Å². The lowest BCUT2D eigenvalue weighted by atomic mass is 10.1. The molecule has 0 spiro atoms. The van der Waals surface area contributed by atoms with Crippen molar-refractivity contribution < 1.29 is 9.51 Å². The number of rotatable bonds is 4. The molecule has 0 fully saturated rings. The third kappa shape index (κ3) is 4.63. The summed E-state index contributed by atoms with van der Waals surface area (Å²) in [4.78, 5) is 4.61. The normalized spacial score (nSPS) is 11.7. The van der Waals surface area contributed by atoms with Crippen molar-refractivity contribution in [1.29, 1.82) is 0 Å². The molecule has 4 aromatic rings. The van der Waals surface area contributed by atoms with Gasteiger partial charge in [-0.25, -0.2) is 0 Å². The van der Waals surface area contributed by atoms with Gasteiger partial charge in [0.1, 0.15) is 0 Å². The fourth-order valence-electron chi connectivity index (χ4n) is 2.92. The van der Waals surface area contributed by atoms with Gasteiger partial charge in [-0.1, -0.05) is 74.3 Å². The fraction of sp³-hybridized carbons (Fsp3) is 0. The minimum atomic E-state index is 0.135. The summed E-state index contributed by atoms with van der Waals surface area (Å²) in [7, 11) is 0. The van der Waals surface area contributed by atoms with Crippen LogP contribution < -0.4 is 4.40 Å². The number of pyridine rings is 1. The Balaban J connectivity index is 1.77. The van der Waals surface area contributed by atoms with E-state index in [1.54, 1.807) is 0 Å². The summed E-state index contributed by atoms with van der Waals surface area (Å²) in [6, 6.07) is 21.8. The molecule has 2 heterocycles. The van der Waals surface area contributed by atoms with Gasteiger partial charge in [0.25, 0.3) is 0 Å². The highest BCUT2D eigenvalue weighted by atomic mass is 79.9. The molecule has 0 bridgehead atoms. The van der Waals surface area contributed by atoms with Crippen molar-refractivity contribution >= 4 is 61.8 Å². The van der Waals surface area contributed by atoms with Gasteiger partial charge in [0, 0.05) is 15.0 Å². The first kappa shape index (κ1) is 19.6. The van der Waals surface area contributed by atoms with Crippen LogP contribution in [0.3, 0.4) is 0 Å². The summed E-state index contributed by atoms with van der Waals surface area (Å²) >= 11 is 6.89. The molecular formula is C24H17Br2N2O+. The smallest absolute Gasteiger partial charge is 0.329 e. The molecule has 3 nitrogen and oxygen atoms in total. The predicted octanol–water partition coefficient (Wildman–Crippen LogP) is 6.39. The van der Waals surface area contributed by atoms with E-state index in [9.17, 15) is 5.11 Å². The van der Waals surface area contributed by atoms with Crippen LogP contribution in [0.2, 0.25) is 0 Å². The average Bonchev–Trinajstić information content (AvgIpc) is 2.74. The summed E-state index contributed by atoms with van der Waals surface area (Å²) < 4.78 is 3.93. The molecule has 0 radical (unpaired) electrons. The highest BCUT2D eigenvalue weighted by Gasteiger charge is 2.18. The Kier molecular flexibility index (Phi) is 5.88. The second-order valence-electron chi connectivity index (χ2n) is 6.43. The maximum absolute atomic E-state index is 10.9. The number of benzene rings is 2. The molecule has 0 unspecified atom stereocenters. The van der Waals surface area contributed by atoms with Crippen molar-refractivity contribution in [2.45, 2.75) is 0 Å². The highest BCUT2D eigenvalue weighted by Crippen LogP contribution is 2.24. The van der Waals surface area contributed by atoms with Crippen LogP contribution in [0.15, 0.2) is 81.9 Å². The van der Waals surface area contributed by atoms with Crippen molar-refractivity contribution in [3.05, 3.63) is 104 Å². The standard InChI is InChI=1S/C24H16Br2N2O/c25-19-10-4-17(5-11-19)8-14-21-24(29)22(28-16-2-1-3-23(28)27-21)15-9-18-6-12-20(26)13-7-18/h1-16H/p+1/b14-8+,15-9+. The third-order valence-electron chi connectivity index (χ3n) is 4.43. The molecule has 0 aliphatic carbocycles. The van der Waals surface area contributed by atoms with E-state index in [-0.39, 0.29) is 5.75 Å². The van der Waals surface area contributed by atoms with E-state index >= 15 is 0 Å². The zero-order chi connectivity index (χ0) is 20.2. The minimum Gasteiger partial charge on any atom is -0.501 e. The van der Waals surface area contributed by atoms with Crippen LogP contribution >= 0.6 is 31.9 Å². The van der Waals surface area contributed by atoms with E-state index in [1.807, 2.05) is 102 Å². The van der Waals surface area contributed by atoms with Crippen molar-refractivity contribution in [3.8, 4) is 5.75 Å². The highest BCUT2D eigenvalue weighted by molar-refractivity contribution is 9.10. The Morgan fingerprint density at radius 2 is 1.31 bits per heavy atom. The summed E-state index contributed by atoms with van der Waals surface area (Å²) in [6.07, 6.45) is 9.55. The molecule has 1 N–H and O–H groups in total. The van der Waals surface area contributed by atoms with Crippen molar-refractivity contribution in [1.82, 2.24) is 4.98 Å². The topological polar surface area (TPSA) is 37.2 Å². The first-order valence-electron chi connectivity index (χ1n) is 9.01. The number of fused-ring (bicyclic) bond motifs is 1. The largest absolute Gasteiger partial charge is 0.501 e. The molecule has 0 saturated carbocycles. The number of nitrogens with zero attached hydrogens (tertiary/aromatic N) is 2. The number of hydrogen-bond acceptors (Lipinski definition) is 2. The van der Waals surface area contributed by atoms with Crippen LogP contribution in [-0.4, -0.2) is 10.1 Å². The van der Waals surface area contributed by atoms with Crippen molar-refractivity contribution in [2.24, 2.45) is 0 Å². The van der Waals surface area contributed by atoms with Crippen molar-refractivity contribution in [2.75, 3.05) is 0 Å². The van der Waals surface area contributed by atoms with Crippen LogP contribution in [0.1, 0.15) is 22.5 Å². The number of hydrogen-bond donors (Lipinski definition) is 1. The van der Waals surface area contributed by atoms with Crippen LogP contribution in [0.25, 0.3) is 30.0 Å². The van der Waals surface area contributed by atoms with Gasteiger partial charge >= 0.3 is 5.65 Å². The Labute approximate surface area is 186 Å². The number of halogens is 2. The lowest BCUT2D eigenvalue weighted by molar-refractivity contribution is -0.517. The summed E-state index contributed by atoms with van der Waals surface area (Å²) in [6.45, 7) is 0. The van der Waals surface area contributed by atoms with Crippen LogP contribution in [-0.2, 0) is 0 Å². The Morgan fingerprint density at radius 3 is 1.93 bits per heavy atom. The molecule has 2 aromatic carbocycles. The maximum atomic E-state index is 10.9. The second-order valence-corrected chi connectivity index (χ2v) is 8.26. The second kappa shape index (κ2) is 8.72. The molecule has 0 aliphatic heterocycles. The number of aromatic hydroxyl groups is 1. The van der Waals surface area contributed by atoms with E-state index in [4.69, 9.17) is 0 Å². The summed E-state index contributed by atoms with van der Waals surface area (Å²) in [5.74, 6) is 0.135. The van der Waals surface area contributed by atoms with Gasteiger partial charge in [-0.3, -0.25) is 0 Å². The Bertz CT molecular complexity index is 1210. The summed E-state index contributed by atoms with van der Waals surface area (Å²) in [5, 5.41) is 10.9. The molecular weight excluding hydrogens is 492 g/mol. The van der Waals surface area contributed by atoms with E-state index < -0.39 is 0 Å². The quantitative estimate of drug-likeness (QED) is 0.324. The molecule has 4 rings (SSSR count). The lowest BCUT2D eigenvalue weighted by Gasteiger charge is -2.02. The minimum absolute atomic E-state index is 0.135. The molecule has 29 heavy (non-hydrogen) atoms. The van der Waals surface area contributed by atoms with E-state index in [1.165, 1.54) is 0 Å². The molecule has 5 heteroatoms. The molecule has 0 amide bonds. The van der Waals surface area contributed by atoms with Gasteiger partial charge in [0.2, 0.25) is 11.4 Å². The van der Waals surface area contributed by atoms with Gasteiger partial charge in [0.05, 0.1) is 6.20 Å². The third-order valence-corrected chi connectivity index (χ3v) is 5.48. The monoisotopic (exact) mass is 507 g/mol. The van der Waals surface area contributed by atoms with Gasteiger partial charge in [-0.15, -0.1) is 0 Å². The fourth-order valence-corrected chi connectivity index (χ4v) is 3.45. The molecule has 142 valence electrons. The zero-order valence-corrected chi connectivity index (χ0v) is 18.5. The van der Waals surface area contributed by atoms with E-state index in [0.717, 1.165) is 25.7 Å². The molecule has 0 aliphatic rings. The first-order chi connectivity index (χ1) is 14.1. The van der Waals surface area contributed by atoms with Crippen LogP contribution in [0, 0.1) is 0 Å². The lowest BCUT2D eigenvalue weighted by Crippen LogP contribution is -2.27.